The molecule has 1 rings (SSSR count). The van der Waals surface area contributed by atoms with Crippen LogP contribution in [0.1, 0.15) is 33.6 Å². The van der Waals surface area contributed by atoms with Gasteiger partial charge in [0.2, 0.25) is 0 Å². The van der Waals surface area contributed by atoms with E-state index in [0.717, 1.165) is 6.54 Å². The number of nitrogens with zero attached hydrogens (tertiary/aromatic N) is 1. The topological polar surface area (TPSA) is 3.24 Å². The molecule has 0 aromatic carbocycles. The Balaban J connectivity index is 0.00000121. The van der Waals surface area contributed by atoms with E-state index in [1.54, 1.807) is 0 Å². The van der Waals surface area contributed by atoms with Crippen molar-refractivity contribution in [2.24, 2.45) is 0 Å². The third-order valence-electron chi connectivity index (χ3n) is 2.32. The number of hydrogen-bond acceptors (Lipinski definition) is 1. The molecule has 0 aromatic heterocycles. The number of hydrogen-bond donors (Lipinski definition) is 0. The van der Waals surface area contributed by atoms with E-state index in [0.29, 0.717) is 5.54 Å². The van der Waals surface area contributed by atoms with Crippen molar-refractivity contribution in [2.45, 2.75) is 39.2 Å². The Labute approximate surface area is 78.4 Å². The van der Waals surface area contributed by atoms with Gasteiger partial charge < -0.3 is 0 Å². The Morgan fingerprint density at radius 3 is 2.25 bits per heavy atom. The van der Waals surface area contributed by atoms with E-state index in [-0.39, 0.29) is 8.41 Å². The molecule has 1 fully saturated rings. The van der Waals surface area contributed by atoms with Crippen molar-refractivity contribution in [1.29, 1.82) is 0 Å². The molecule has 0 aliphatic carbocycles. The van der Waals surface area contributed by atoms with E-state index >= 15 is 0 Å². The summed E-state index contributed by atoms with van der Waals surface area (Å²) in [6.07, 6.45) is 2.52. The van der Waals surface area contributed by atoms with Crippen molar-refractivity contribution < 1.29 is 0 Å². The summed E-state index contributed by atoms with van der Waals surface area (Å²) >= 11 is 0. The molecule has 0 bridgehead atoms. The summed E-state index contributed by atoms with van der Waals surface area (Å²) in [7, 11) is 0. The first-order chi connectivity index (χ1) is 5.00. The zero-order chi connectivity index (χ0) is 8.48. The average molecular weight is 164 g/mol. The maximum atomic E-state index is 4.04. The van der Waals surface area contributed by atoms with E-state index in [1.165, 1.54) is 25.0 Å². The van der Waals surface area contributed by atoms with Gasteiger partial charge in [0.25, 0.3) is 0 Å². The summed E-state index contributed by atoms with van der Waals surface area (Å²) in [6.45, 7) is 13.2. The van der Waals surface area contributed by atoms with Crippen molar-refractivity contribution in [3.05, 3.63) is 12.2 Å². The fourth-order valence-electron chi connectivity index (χ4n) is 1.52. The van der Waals surface area contributed by atoms with Gasteiger partial charge in [-0.15, -0.1) is 0 Å². The van der Waals surface area contributed by atoms with Crippen LogP contribution in [-0.4, -0.2) is 31.9 Å². The Kier molecular flexibility index (Phi) is 4.05. The lowest BCUT2D eigenvalue weighted by Gasteiger charge is -2.39. The van der Waals surface area contributed by atoms with Gasteiger partial charge in [-0.2, -0.15) is 0 Å². The van der Waals surface area contributed by atoms with Crippen molar-refractivity contribution >= 4 is 8.41 Å². The summed E-state index contributed by atoms with van der Waals surface area (Å²) in [6, 6.07) is 0. The highest BCUT2D eigenvalue weighted by Crippen LogP contribution is 2.21. The van der Waals surface area contributed by atoms with Crippen LogP contribution in [0.4, 0.5) is 0 Å². The second-order valence-corrected chi connectivity index (χ2v) is 4.45. The second kappa shape index (κ2) is 4.13. The lowest BCUT2D eigenvalue weighted by atomic mass is 9.99. The van der Waals surface area contributed by atoms with Gasteiger partial charge in [-0.25, -0.2) is 0 Å². The molecule has 12 heavy (non-hydrogen) atoms. The molecule has 0 spiro atoms. The molecule has 1 heterocycles. The van der Waals surface area contributed by atoms with Gasteiger partial charge in [0, 0.05) is 20.5 Å². The van der Waals surface area contributed by atoms with E-state index in [9.17, 15) is 0 Å². The van der Waals surface area contributed by atoms with Crippen LogP contribution in [0.5, 0.6) is 0 Å². The van der Waals surface area contributed by atoms with Crippen molar-refractivity contribution in [2.75, 3.05) is 13.1 Å². The van der Waals surface area contributed by atoms with Crippen molar-refractivity contribution in [3.8, 4) is 0 Å². The average Bonchev–Trinajstić information content (AvgIpc) is 1.86. The van der Waals surface area contributed by atoms with Crippen LogP contribution >= 0.6 is 0 Å². The highest BCUT2D eigenvalue weighted by Gasteiger charge is 2.23. The maximum Gasteiger partial charge on any atom is 0.0195 e. The van der Waals surface area contributed by atoms with Crippen molar-refractivity contribution in [3.63, 3.8) is 0 Å². The highest BCUT2D eigenvalue weighted by molar-refractivity contribution is 5.75. The molecule has 0 N–H and O–H groups in total. The first-order valence-electron chi connectivity index (χ1n) is 4.42. The molecule has 2 heteroatoms. The van der Waals surface area contributed by atoms with E-state index in [1.807, 2.05) is 0 Å². The fraction of sp³-hybridized carbons (Fsp3) is 0.800. The minimum atomic E-state index is 0. The van der Waals surface area contributed by atoms with Gasteiger partial charge in [-0.3, -0.25) is 4.90 Å². The zero-order valence-electron chi connectivity index (χ0n) is 8.56. The number of likely N-dealkylation sites (tertiary alicyclic amines) is 1. The molecule has 1 saturated heterocycles. The zero-order valence-corrected chi connectivity index (χ0v) is 8.56. The Morgan fingerprint density at radius 1 is 1.33 bits per heavy atom. The highest BCUT2D eigenvalue weighted by atomic mass is 15.2. The normalized spacial score (nSPS) is 20.4. The standard InChI is InChI=1S/C10H19N.B/c1-9-6-5-7-11(8-9)10(2,3)4;/h1,5-8H2,2-4H3;. The predicted octanol–water partition coefficient (Wildman–Crippen LogP) is 2.06. The van der Waals surface area contributed by atoms with E-state index < -0.39 is 0 Å². The monoisotopic (exact) mass is 164 g/mol. The van der Waals surface area contributed by atoms with Crippen molar-refractivity contribution in [1.82, 2.24) is 4.90 Å². The lowest BCUT2D eigenvalue weighted by molar-refractivity contribution is 0.133. The molecule has 0 unspecified atom stereocenters. The van der Waals surface area contributed by atoms with E-state index in [4.69, 9.17) is 0 Å². The largest absolute Gasteiger partial charge is 0.295 e. The molecule has 0 aromatic rings. The molecule has 1 aliphatic rings. The smallest absolute Gasteiger partial charge is 0.0195 e. The van der Waals surface area contributed by atoms with Gasteiger partial charge in [0.1, 0.15) is 0 Å². The van der Waals surface area contributed by atoms with Crippen LogP contribution in [-0.2, 0) is 0 Å². The summed E-state index contributed by atoms with van der Waals surface area (Å²) in [5, 5.41) is 0. The number of piperidine rings is 1. The van der Waals surface area contributed by atoms with Crippen LogP contribution in [0.15, 0.2) is 12.2 Å². The van der Waals surface area contributed by atoms with Gasteiger partial charge in [0.05, 0.1) is 0 Å². The summed E-state index contributed by atoms with van der Waals surface area (Å²) in [4.78, 5) is 2.50. The van der Waals surface area contributed by atoms with Crippen LogP contribution in [0.25, 0.3) is 0 Å². The summed E-state index contributed by atoms with van der Waals surface area (Å²) in [5.74, 6) is 0. The molecule has 0 amide bonds. The molecule has 1 nitrogen and oxygen atoms in total. The van der Waals surface area contributed by atoms with Crippen LogP contribution in [0.3, 0.4) is 0 Å². The third-order valence-corrected chi connectivity index (χ3v) is 2.32. The Bertz CT molecular complexity index is 158. The van der Waals surface area contributed by atoms with E-state index in [2.05, 4.69) is 32.3 Å². The Hall–Kier alpha value is -0.235. The van der Waals surface area contributed by atoms with Gasteiger partial charge in [0.15, 0.2) is 0 Å². The first kappa shape index (κ1) is 11.8. The minimum Gasteiger partial charge on any atom is -0.295 e. The first-order valence-corrected chi connectivity index (χ1v) is 4.42. The fourth-order valence-corrected chi connectivity index (χ4v) is 1.52. The molecule has 0 atom stereocenters. The second-order valence-electron chi connectivity index (χ2n) is 4.45. The van der Waals surface area contributed by atoms with Crippen LogP contribution in [0, 0.1) is 0 Å². The maximum absolute atomic E-state index is 4.04. The molecular weight excluding hydrogens is 145 g/mol. The SMILES string of the molecule is C=C1CCCN(C(C)(C)C)C1.[B]. The van der Waals surface area contributed by atoms with Gasteiger partial charge >= 0.3 is 0 Å². The Morgan fingerprint density at radius 2 is 1.92 bits per heavy atom. The molecule has 3 radical (unpaired) electrons. The molecule has 67 valence electrons. The lowest BCUT2D eigenvalue weighted by Crippen LogP contribution is -2.44. The quantitative estimate of drug-likeness (QED) is 0.391. The molecule has 1 aliphatic heterocycles. The third kappa shape index (κ3) is 3.02. The minimum absolute atomic E-state index is 0. The van der Waals surface area contributed by atoms with Gasteiger partial charge in [-0.1, -0.05) is 12.2 Å². The number of rotatable bonds is 0. The summed E-state index contributed by atoms with van der Waals surface area (Å²) in [5.41, 5.74) is 1.72. The summed E-state index contributed by atoms with van der Waals surface area (Å²) < 4.78 is 0. The van der Waals surface area contributed by atoms with Crippen LogP contribution in [0.2, 0.25) is 0 Å². The van der Waals surface area contributed by atoms with Gasteiger partial charge in [-0.05, 0) is 40.2 Å². The van der Waals surface area contributed by atoms with Crippen LogP contribution < -0.4 is 0 Å². The molecular formula is C10H19BN. The predicted molar refractivity (Wildman–Crippen MR) is 55.5 cm³/mol. The molecule has 0 saturated carbocycles.